The van der Waals surface area contributed by atoms with Crippen LogP contribution >= 0.6 is 0 Å². The highest BCUT2D eigenvalue weighted by Crippen LogP contribution is 2.32. The predicted octanol–water partition coefficient (Wildman–Crippen LogP) is 3.73. The zero-order chi connectivity index (χ0) is 14.1. The molecule has 0 amide bonds. The molecule has 110 valence electrons. The second kappa shape index (κ2) is 9.13. The van der Waals surface area contributed by atoms with Crippen molar-refractivity contribution >= 4 is 5.97 Å². The van der Waals surface area contributed by atoms with E-state index in [4.69, 9.17) is 5.73 Å². The number of allylic oxidation sites excluding steroid dienone is 1. The summed E-state index contributed by atoms with van der Waals surface area (Å²) in [4.78, 5) is 11.5. The van der Waals surface area contributed by atoms with Crippen molar-refractivity contribution in [2.75, 3.05) is 0 Å². The number of carboxylic acid groups (broad SMARTS) is 1. The molecule has 3 heteroatoms. The van der Waals surface area contributed by atoms with Crippen LogP contribution in [0.5, 0.6) is 0 Å². The van der Waals surface area contributed by atoms with Crippen LogP contribution in [-0.4, -0.2) is 17.1 Å². The average molecular weight is 267 g/mol. The Hall–Kier alpha value is -0.830. The van der Waals surface area contributed by atoms with Crippen LogP contribution in [0.4, 0.5) is 0 Å². The molecule has 3 N–H and O–H groups in total. The second-order valence-electron chi connectivity index (χ2n) is 5.85. The number of aliphatic carboxylic acids is 1. The first-order valence-electron chi connectivity index (χ1n) is 7.76. The molecule has 2 atom stereocenters. The molecular weight excluding hydrogens is 238 g/mol. The topological polar surface area (TPSA) is 63.3 Å². The van der Waals surface area contributed by atoms with Crippen molar-refractivity contribution in [2.24, 2.45) is 17.6 Å². The Bertz CT molecular complexity index is 272. The average Bonchev–Trinajstić information content (AvgIpc) is 2.39. The summed E-state index contributed by atoms with van der Waals surface area (Å²) in [5, 5.41) is 9.44. The molecule has 0 aliphatic heterocycles. The standard InChI is InChI=1S/C16H29NO2/c1-2-3-4-5-9-12-14(17)15(16(18)19)13-10-7-6-8-11-13/h2,13-15H,1,3-12,17H2,(H,18,19). The number of unbranched alkanes of at least 4 members (excludes halogenated alkanes) is 3. The van der Waals surface area contributed by atoms with E-state index in [0.717, 1.165) is 44.9 Å². The van der Waals surface area contributed by atoms with E-state index in [0.29, 0.717) is 5.92 Å². The third-order valence-corrected chi connectivity index (χ3v) is 4.35. The molecule has 0 radical (unpaired) electrons. The first-order chi connectivity index (χ1) is 9.16. The summed E-state index contributed by atoms with van der Waals surface area (Å²) in [7, 11) is 0. The van der Waals surface area contributed by atoms with Crippen LogP contribution in [0.1, 0.15) is 64.2 Å². The van der Waals surface area contributed by atoms with Crippen LogP contribution in [0.15, 0.2) is 12.7 Å². The van der Waals surface area contributed by atoms with Gasteiger partial charge in [-0.05, 0) is 38.0 Å². The number of hydrogen-bond donors (Lipinski definition) is 2. The van der Waals surface area contributed by atoms with Gasteiger partial charge in [0.05, 0.1) is 5.92 Å². The summed E-state index contributed by atoms with van der Waals surface area (Å²) in [6.07, 6.45) is 12.8. The van der Waals surface area contributed by atoms with Gasteiger partial charge in [-0.2, -0.15) is 0 Å². The fourth-order valence-corrected chi connectivity index (χ4v) is 3.25. The molecule has 0 spiro atoms. The quantitative estimate of drug-likeness (QED) is 0.494. The first kappa shape index (κ1) is 16.2. The van der Waals surface area contributed by atoms with Gasteiger partial charge >= 0.3 is 5.97 Å². The van der Waals surface area contributed by atoms with E-state index in [1.165, 1.54) is 19.3 Å². The van der Waals surface area contributed by atoms with Crippen molar-refractivity contribution in [1.29, 1.82) is 0 Å². The van der Waals surface area contributed by atoms with E-state index in [2.05, 4.69) is 6.58 Å². The number of carboxylic acids is 1. The Balaban J connectivity index is 2.37. The van der Waals surface area contributed by atoms with Gasteiger partial charge in [-0.1, -0.05) is 38.2 Å². The highest BCUT2D eigenvalue weighted by molar-refractivity contribution is 5.71. The molecule has 0 bridgehead atoms. The SMILES string of the molecule is C=CCCCCCC(N)C(C(=O)O)C1CCCCC1. The predicted molar refractivity (Wildman–Crippen MR) is 79.0 cm³/mol. The van der Waals surface area contributed by atoms with Gasteiger partial charge in [0.2, 0.25) is 0 Å². The van der Waals surface area contributed by atoms with Crippen LogP contribution in [0.25, 0.3) is 0 Å². The molecule has 3 nitrogen and oxygen atoms in total. The van der Waals surface area contributed by atoms with Gasteiger partial charge in [0, 0.05) is 6.04 Å². The maximum Gasteiger partial charge on any atom is 0.308 e. The Labute approximate surface area is 117 Å². The summed E-state index contributed by atoms with van der Waals surface area (Å²) >= 11 is 0. The van der Waals surface area contributed by atoms with Crippen LogP contribution in [0, 0.1) is 11.8 Å². The molecule has 0 aromatic carbocycles. The van der Waals surface area contributed by atoms with E-state index >= 15 is 0 Å². The van der Waals surface area contributed by atoms with Gasteiger partial charge < -0.3 is 10.8 Å². The summed E-state index contributed by atoms with van der Waals surface area (Å²) in [6, 6.07) is -0.177. The fraction of sp³-hybridized carbons (Fsp3) is 0.812. The van der Waals surface area contributed by atoms with Crippen molar-refractivity contribution < 1.29 is 9.90 Å². The third-order valence-electron chi connectivity index (χ3n) is 4.35. The smallest absolute Gasteiger partial charge is 0.308 e. The molecule has 0 aromatic rings. The lowest BCUT2D eigenvalue weighted by Gasteiger charge is -2.31. The Morgan fingerprint density at radius 3 is 2.53 bits per heavy atom. The van der Waals surface area contributed by atoms with E-state index in [1.807, 2.05) is 6.08 Å². The minimum atomic E-state index is -0.689. The minimum absolute atomic E-state index is 0.177. The lowest BCUT2D eigenvalue weighted by molar-refractivity contribution is -0.145. The van der Waals surface area contributed by atoms with Crippen LogP contribution < -0.4 is 5.73 Å². The largest absolute Gasteiger partial charge is 0.481 e. The van der Waals surface area contributed by atoms with E-state index < -0.39 is 5.97 Å². The number of nitrogens with two attached hydrogens (primary N) is 1. The highest BCUT2D eigenvalue weighted by atomic mass is 16.4. The molecule has 1 fully saturated rings. The van der Waals surface area contributed by atoms with Crippen LogP contribution in [0.3, 0.4) is 0 Å². The van der Waals surface area contributed by atoms with Crippen molar-refractivity contribution in [3.63, 3.8) is 0 Å². The zero-order valence-electron chi connectivity index (χ0n) is 12.0. The molecular formula is C16H29NO2. The first-order valence-corrected chi connectivity index (χ1v) is 7.76. The lowest BCUT2D eigenvalue weighted by Crippen LogP contribution is -2.41. The monoisotopic (exact) mass is 267 g/mol. The van der Waals surface area contributed by atoms with Crippen molar-refractivity contribution in [1.82, 2.24) is 0 Å². The van der Waals surface area contributed by atoms with Crippen molar-refractivity contribution in [3.8, 4) is 0 Å². The normalized spacial score (nSPS) is 19.8. The number of carbonyl (C=O) groups is 1. The number of rotatable bonds is 9. The van der Waals surface area contributed by atoms with Gasteiger partial charge in [0.15, 0.2) is 0 Å². The van der Waals surface area contributed by atoms with E-state index in [-0.39, 0.29) is 12.0 Å². The molecule has 1 saturated carbocycles. The minimum Gasteiger partial charge on any atom is -0.481 e. The third kappa shape index (κ3) is 5.77. The highest BCUT2D eigenvalue weighted by Gasteiger charge is 2.33. The molecule has 0 saturated heterocycles. The fourth-order valence-electron chi connectivity index (χ4n) is 3.25. The van der Waals surface area contributed by atoms with E-state index in [9.17, 15) is 9.90 Å². The molecule has 1 rings (SSSR count). The van der Waals surface area contributed by atoms with Gasteiger partial charge in [-0.3, -0.25) is 4.79 Å². The summed E-state index contributed by atoms with van der Waals surface area (Å²) in [6.45, 7) is 3.70. The summed E-state index contributed by atoms with van der Waals surface area (Å²) in [5.74, 6) is -0.723. The molecule has 1 aliphatic carbocycles. The molecule has 2 unspecified atom stereocenters. The summed E-state index contributed by atoms with van der Waals surface area (Å²) < 4.78 is 0. The van der Waals surface area contributed by atoms with Crippen molar-refractivity contribution in [3.05, 3.63) is 12.7 Å². The van der Waals surface area contributed by atoms with Gasteiger partial charge in [-0.15, -0.1) is 6.58 Å². The molecule has 0 aromatic heterocycles. The summed E-state index contributed by atoms with van der Waals surface area (Å²) in [5.41, 5.74) is 6.16. The van der Waals surface area contributed by atoms with Crippen LogP contribution in [0.2, 0.25) is 0 Å². The van der Waals surface area contributed by atoms with Gasteiger partial charge in [-0.25, -0.2) is 0 Å². The van der Waals surface area contributed by atoms with Gasteiger partial charge in [0.1, 0.15) is 0 Å². The maximum atomic E-state index is 11.5. The molecule has 19 heavy (non-hydrogen) atoms. The Morgan fingerprint density at radius 1 is 1.26 bits per heavy atom. The Morgan fingerprint density at radius 2 is 1.95 bits per heavy atom. The van der Waals surface area contributed by atoms with E-state index in [1.54, 1.807) is 0 Å². The lowest BCUT2D eigenvalue weighted by atomic mass is 9.76. The number of hydrogen-bond acceptors (Lipinski definition) is 2. The second-order valence-corrected chi connectivity index (χ2v) is 5.85. The zero-order valence-corrected chi connectivity index (χ0v) is 12.0. The van der Waals surface area contributed by atoms with Crippen molar-refractivity contribution in [2.45, 2.75) is 70.3 Å². The maximum absolute atomic E-state index is 11.5. The Kier molecular flexibility index (Phi) is 7.80. The van der Waals surface area contributed by atoms with Crippen LogP contribution in [-0.2, 0) is 4.79 Å². The molecule has 0 heterocycles. The van der Waals surface area contributed by atoms with Gasteiger partial charge in [0.25, 0.3) is 0 Å². The molecule has 1 aliphatic rings.